The van der Waals surface area contributed by atoms with Crippen LogP contribution < -0.4 is 5.32 Å². The number of Topliss-reactive ketones (excluding diaryl/α,β-unsaturated/α-hetero) is 1. The van der Waals surface area contributed by atoms with Gasteiger partial charge in [0.25, 0.3) is 5.91 Å². The molecule has 1 aromatic carbocycles. The van der Waals surface area contributed by atoms with Crippen LogP contribution in [0.4, 0.5) is 5.69 Å². The molecule has 88 valence electrons. The van der Waals surface area contributed by atoms with E-state index in [4.69, 9.17) is 0 Å². The summed E-state index contributed by atoms with van der Waals surface area (Å²) in [6.07, 6.45) is 0. The zero-order valence-corrected chi connectivity index (χ0v) is 10.0. The van der Waals surface area contributed by atoms with E-state index in [9.17, 15) is 9.59 Å². The van der Waals surface area contributed by atoms with Crippen molar-refractivity contribution in [1.82, 2.24) is 0 Å². The van der Waals surface area contributed by atoms with Crippen LogP contribution in [0.1, 0.15) is 24.2 Å². The lowest BCUT2D eigenvalue weighted by atomic mass is 10.1. The first-order chi connectivity index (χ1) is 7.91. The van der Waals surface area contributed by atoms with Crippen molar-refractivity contribution in [1.29, 1.82) is 0 Å². The van der Waals surface area contributed by atoms with Crippen LogP contribution in [0.5, 0.6) is 0 Å². The third-order valence-corrected chi connectivity index (χ3v) is 2.18. The number of ketones is 1. The maximum Gasteiger partial charge on any atom is 0.250 e. The predicted octanol–water partition coefficient (Wildman–Crippen LogP) is 2.96. The molecule has 0 aromatic heterocycles. The molecular weight excluding hydrogens is 214 g/mol. The van der Waals surface area contributed by atoms with Gasteiger partial charge < -0.3 is 5.32 Å². The fourth-order valence-electron chi connectivity index (χ4n) is 1.19. The molecule has 0 bridgehead atoms. The van der Waals surface area contributed by atoms with Crippen molar-refractivity contribution >= 4 is 17.4 Å². The number of allylic oxidation sites excluding steroid dienone is 1. The van der Waals surface area contributed by atoms with E-state index in [1.165, 1.54) is 0 Å². The van der Waals surface area contributed by atoms with Crippen LogP contribution in [0.15, 0.2) is 48.6 Å². The van der Waals surface area contributed by atoms with Crippen LogP contribution in [-0.2, 0) is 4.79 Å². The van der Waals surface area contributed by atoms with Crippen LogP contribution in [0.25, 0.3) is 0 Å². The Balaban J connectivity index is 2.82. The zero-order chi connectivity index (χ0) is 13.0. The Labute approximate surface area is 101 Å². The Bertz CT molecular complexity index is 483. The van der Waals surface area contributed by atoms with Crippen molar-refractivity contribution in [3.05, 3.63) is 54.1 Å². The predicted molar refractivity (Wildman–Crippen MR) is 69.0 cm³/mol. The van der Waals surface area contributed by atoms with E-state index in [2.05, 4.69) is 18.5 Å². The number of carbonyl (C=O) groups excluding carboxylic acids is 2. The molecule has 0 aliphatic rings. The minimum absolute atomic E-state index is 0.0947. The maximum atomic E-state index is 11.6. The number of anilines is 1. The van der Waals surface area contributed by atoms with Gasteiger partial charge in [0.2, 0.25) is 0 Å². The molecule has 3 nitrogen and oxygen atoms in total. The number of hydrogen-bond donors (Lipinski definition) is 1. The van der Waals surface area contributed by atoms with Crippen molar-refractivity contribution in [3.63, 3.8) is 0 Å². The Morgan fingerprint density at radius 2 is 1.53 bits per heavy atom. The van der Waals surface area contributed by atoms with Gasteiger partial charge in [-0.15, -0.1) is 0 Å². The first kappa shape index (κ1) is 12.9. The molecule has 3 heteroatoms. The average molecular weight is 229 g/mol. The Morgan fingerprint density at radius 1 is 1.00 bits per heavy atom. The summed E-state index contributed by atoms with van der Waals surface area (Å²) < 4.78 is 0. The third kappa shape index (κ3) is 3.41. The van der Waals surface area contributed by atoms with E-state index < -0.39 is 0 Å². The molecule has 0 aliphatic heterocycles. The molecule has 0 spiro atoms. The topological polar surface area (TPSA) is 46.2 Å². The molecule has 0 heterocycles. The lowest BCUT2D eigenvalue weighted by molar-refractivity contribution is -0.112. The Morgan fingerprint density at radius 3 is 1.94 bits per heavy atom. The molecule has 0 fully saturated rings. The molecular formula is C14H15NO2. The normalized spacial score (nSPS) is 9.53. The van der Waals surface area contributed by atoms with Crippen molar-refractivity contribution in [3.8, 4) is 0 Å². The highest BCUT2D eigenvalue weighted by atomic mass is 16.1. The monoisotopic (exact) mass is 229 g/mol. The van der Waals surface area contributed by atoms with Gasteiger partial charge in [-0.2, -0.15) is 0 Å². The number of benzene rings is 1. The van der Waals surface area contributed by atoms with Gasteiger partial charge in [0, 0.05) is 16.8 Å². The van der Waals surface area contributed by atoms with Gasteiger partial charge in [-0.1, -0.05) is 13.2 Å². The highest BCUT2D eigenvalue weighted by Gasteiger charge is 2.07. The van der Waals surface area contributed by atoms with E-state index >= 15 is 0 Å². The fraction of sp³-hybridized carbons (Fsp3) is 0.143. The lowest BCUT2D eigenvalue weighted by Crippen LogP contribution is -2.11. The fourth-order valence-corrected chi connectivity index (χ4v) is 1.19. The van der Waals surface area contributed by atoms with E-state index in [-0.39, 0.29) is 11.7 Å². The summed E-state index contributed by atoms with van der Waals surface area (Å²) in [5.41, 5.74) is 2.12. The van der Waals surface area contributed by atoms with Crippen LogP contribution in [0, 0.1) is 0 Å². The number of amides is 1. The summed E-state index contributed by atoms with van der Waals surface area (Å²) in [5.74, 6) is -0.327. The number of carbonyl (C=O) groups is 2. The van der Waals surface area contributed by atoms with Gasteiger partial charge in [-0.05, 0) is 43.7 Å². The first-order valence-corrected chi connectivity index (χ1v) is 5.19. The standard InChI is InChI=1S/C14H15NO2/c1-9(2)13(16)11-5-7-12(8-6-11)15-14(17)10(3)4/h5-8H,1,3H2,2,4H3,(H,15,17). The molecule has 1 aromatic rings. The van der Waals surface area contributed by atoms with Gasteiger partial charge in [0.1, 0.15) is 0 Å². The Kier molecular flexibility index (Phi) is 3.99. The first-order valence-electron chi connectivity index (χ1n) is 5.19. The molecule has 0 saturated carbocycles. The lowest BCUT2D eigenvalue weighted by Gasteiger charge is -2.05. The van der Waals surface area contributed by atoms with Gasteiger partial charge >= 0.3 is 0 Å². The number of rotatable bonds is 4. The van der Waals surface area contributed by atoms with Gasteiger partial charge in [-0.25, -0.2) is 0 Å². The second kappa shape index (κ2) is 5.25. The molecule has 0 aliphatic carbocycles. The third-order valence-electron chi connectivity index (χ3n) is 2.18. The second-order valence-electron chi connectivity index (χ2n) is 3.92. The maximum absolute atomic E-state index is 11.6. The minimum atomic E-state index is -0.232. The van der Waals surface area contributed by atoms with Crippen LogP contribution in [-0.4, -0.2) is 11.7 Å². The van der Waals surface area contributed by atoms with Crippen molar-refractivity contribution < 1.29 is 9.59 Å². The van der Waals surface area contributed by atoms with Crippen molar-refractivity contribution in [2.24, 2.45) is 0 Å². The molecule has 1 N–H and O–H groups in total. The van der Waals surface area contributed by atoms with E-state index in [0.717, 1.165) is 0 Å². The molecule has 1 amide bonds. The summed E-state index contributed by atoms with van der Waals surface area (Å²) >= 11 is 0. The molecule has 0 atom stereocenters. The van der Waals surface area contributed by atoms with E-state index in [1.54, 1.807) is 38.1 Å². The number of nitrogens with one attached hydrogen (secondary N) is 1. The number of hydrogen-bond acceptors (Lipinski definition) is 2. The summed E-state index contributed by atoms with van der Waals surface area (Å²) in [5, 5.41) is 2.66. The summed E-state index contributed by atoms with van der Waals surface area (Å²) in [6.45, 7) is 10.4. The Hall–Kier alpha value is -2.16. The quantitative estimate of drug-likeness (QED) is 0.637. The molecule has 0 saturated heterocycles. The smallest absolute Gasteiger partial charge is 0.250 e. The van der Waals surface area contributed by atoms with Crippen molar-refractivity contribution in [2.75, 3.05) is 5.32 Å². The molecule has 1 rings (SSSR count). The second-order valence-corrected chi connectivity index (χ2v) is 3.92. The summed E-state index contributed by atoms with van der Waals surface area (Å²) in [4.78, 5) is 22.9. The van der Waals surface area contributed by atoms with Crippen LogP contribution in [0.3, 0.4) is 0 Å². The SMILES string of the molecule is C=C(C)C(=O)Nc1ccc(C(=O)C(=C)C)cc1. The van der Waals surface area contributed by atoms with Gasteiger partial charge in [0.15, 0.2) is 5.78 Å². The van der Waals surface area contributed by atoms with Crippen LogP contribution in [0.2, 0.25) is 0 Å². The molecule has 0 radical (unpaired) electrons. The summed E-state index contributed by atoms with van der Waals surface area (Å²) in [6, 6.07) is 6.67. The highest BCUT2D eigenvalue weighted by molar-refractivity contribution is 6.08. The zero-order valence-electron chi connectivity index (χ0n) is 10.0. The van der Waals surface area contributed by atoms with Gasteiger partial charge in [0.05, 0.1) is 0 Å². The highest BCUT2D eigenvalue weighted by Crippen LogP contribution is 2.13. The van der Waals surface area contributed by atoms with E-state index in [0.29, 0.717) is 22.4 Å². The van der Waals surface area contributed by atoms with Crippen LogP contribution >= 0.6 is 0 Å². The minimum Gasteiger partial charge on any atom is -0.322 e. The largest absolute Gasteiger partial charge is 0.322 e. The molecule has 0 unspecified atom stereocenters. The average Bonchev–Trinajstić information content (AvgIpc) is 2.28. The van der Waals surface area contributed by atoms with E-state index in [1.807, 2.05) is 0 Å². The summed E-state index contributed by atoms with van der Waals surface area (Å²) in [7, 11) is 0. The molecule has 17 heavy (non-hydrogen) atoms. The van der Waals surface area contributed by atoms with Crippen molar-refractivity contribution in [2.45, 2.75) is 13.8 Å². The van der Waals surface area contributed by atoms with Gasteiger partial charge in [-0.3, -0.25) is 9.59 Å².